The molecule has 14 nitrogen and oxygen atoms in total. The van der Waals surface area contributed by atoms with Crippen molar-refractivity contribution in [2.75, 3.05) is 10.6 Å². The molecule has 144 valence electrons. The molecule has 0 radical (unpaired) electrons. The molecule has 0 saturated heterocycles. The largest absolute Gasteiger partial charge is 0.301 e. The zero-order valence-electron chi connectivity index (χ0n) is 13.0. The van der Waals surface area contributed by atoms with Crippen molar-refractivity contribution in [2.24, 2.45) is 10.3 Å². The number of nitrogens with zero attached hydrogens (tertiary/aromatic N) is 4. The van der Waals surface area contributed by atoms with E-state index in [4.69, 9.17) is 10.3 Å². The van der Waals surface area contributed by atoms with Gasteiger partial charge in [0.25, 0.3) is 20.0 Å². The smallest absolute Gasteiger partial charge is 0.267 e. The summed E-state index contributed by atoms with van der Waals surface area (Å²) >= 11 is 1.40. The van der Waals surface area contributed by atoms with Crippen LogP contribution in [0.3, 0.4) is 0 Å². The number of hydrogen-bond acceptors (Lipinski definition) is 12. The van der Waals surface area contributed by atoms with Gasteiger partial charge in [0.1, 0.15) is 0 Å². The first-order valence-corrected chi connectivity index (χ1v) is 10.8. The third-order valence-electron chi connectivity index (χ3n) is 1.87. The monoisotopic (exact) mass is 444 g/mol. The van der Waals surface area contributed by atoms with Gasteiger partial charge >= 0.3 is 0 Å². The highest BCUT2D eigenvalue weighted by atomic mass is 32.3. The van der Waals surface area contributed by atoms with Crippen LogP contribution in [0.1, 0.15) is 13.8 Å². The number of hydrogen-bond donors (Lipinski definition) is 4. The lowest BCUT2D eigenvalue weighted by molar-refractivity contribution is -0.115. The molecule has 0 aromatic carbocycles. The maximum absolute atomic E-state index is 10.7. The van der Waals surface area contributed by atoms with Gasteiger partial charge in [-0.05, 0) is 0 Å². The number of sulfonamides is 2. The highest BCUT2D eigenvalue weighted by Gasteiger charge is 2.16. The van der Waals surface area contributed by atoms with E-state index in [-0.39, 0.29) is 30.8 Å². The van der Waals surface area contributed by atoms with Gasteiger partial charge in [-0.15, -0.1) is 20.4 Å². The average molecular weight is 445 g/mol. The van der Waals surface area contributed by atoms with E-state index in [0.29, 0.717) is 22.7 Å². The van der Waals surface area contributed by atoms with Gasteiger partial charge in [0.05, 0.1) is 0 Å². The zero-order chi connectivity index (χ0) is 20.1. The highest BCUT2D eigenvalue weighted by molar-refractivity contribution is 7.91. The zero-order valence-corrected chi connectivity index (χ0v) is 16.3. The predicted octanol–water partition coefficient (Wildman–Crippen LogP) is -1.71. The van der Waals surface area contributed by atoms with Crippen LogP contribution < -0.4 is 20.9 Å². The second kappa shape index (κ2) is 8.51. The lowest BCUT2D eigenvalue weighted by atomic mass is 10.7. The number of carbonyl (C=O) groups excluding carboxylic acids is 2. The SMILES string of the molecule is CC(=O)Nc1nnc(S(N)(=O)=O)s1.CC(=O)Nc1nnc(S(N)(=O)=O)s1. The normalized spacial score (nSPS) is 11.2. The highest BCUT2D eigenvalue weighted by Crippen LogP contribution is 2.18. The summed E-state index contributed by atoms with van der Waals surface area (Å²) in [5, 5.41) is 27.7. The van der Waals surface area contributed by atoms with Crippen molar-refractivity contribution in [3.8, 4) is 0 Å². The minimum Gasteiger partial charge on any atom is -0.301 e. The van der Waals surface area contributed by atoms with Gasteiger partial charge in [0, 0.05) is 13.8 Å². The summed E-state index contributed by atoms with van der Waals surface area (Å²) in [4.78, 5) is 21.0. The molecule has 0 atom stereocenters. The molecular formula is C8H12N8O6S4. The number of carbonyl (C=O) groups is 2. The Kier molecular flexibility index (Phi) is 7.17. The second-order valence-corrected chi connectivity index (χ2v) is 9.62. The molecule has 0 bridgehead atoms. The molecule has 0 aliphatic carbocycles. The van der Waals surface area contributed by atoms with E-state index < -0.39 is 20.0 Å². The second-order valence-electron chi connectivity index (χ2n) is 4.20. The third-order valence-corrected chi connectivity index (χ3v) is 6.16. The van der Waals surface area contributed by atoms with Crippen LogP contribution in [0.2, 0.25) is 0 Å². The van der Waals surface area contributed by atoms with E-state index in [1.165, 1.54) is 13.8 Å². The Morgan fingerprint density at radius 2 is 1.08 bits per heavy atom. The van der Waals surface area contributed by atoms with Crippen LogP contribution in [-0.2, 0) is 29.6 Å². The van der Waals surface area contributed by atoms with Crippen molar-refractivity contribution in [3.63, 3.8) is 0 Å². The molecule has 0 aliphatic heterocycles. The molecular weight excluding hydrogens is 432 g/mol. The molecule has 0 unspecified atom stereocenters. The molecule has 2 amide bonds. The maximum Gasteiger partial charge on any atom is 0.267 e. The fraction of sp³-hybridized carbons (Fsp3) is 0.250. The molecule has 26 heavy (non-hydrogen) atoms. The lowest BCUT2D eigenvalue weighted by Gasteiger charge is -1.90. The average Bonchev–Trinajstić information content (AvgIpc) is 3.06. The Balaban J connectivity index is 0.000000260. The van der Waals surface area contributed by atoms with E-state index in [9.17, 15) is 26.4 Å². The molecule has 2 aromatic rings. The summed E-state index contributed by atoms with van der Waals surface area (Å²) in [5.74, 6) is -0.700. The summed E-state index contributed by atoms with van der Waals surface area (Å²) in [6.45, 7) is 2.55. The van der Waals surface area contributed by atoms with Gasteiger partial charge in [0.2, 0.25) is 30.8 Å². The Hall–Kier alpha value is -2.12. The topological polar surface area (TPSA) is 230 Å². The number of primary sulfonamides is 2. The summed E-state index contributed by atoms with van der Waals surface area (Å²) in [7, 11) is -7.65. The van der Waals surface area contributed by atoms with Gasteiger partial charge in [-0.1, -0.05) is 22.7 Å². The fourth-order valence-electron chi connectivity index (χ4n) is 1.05. The first-order chi connectivity index (χ1) is 11.8. The first kappa shape index (κ1) is 21.9. The Morgan fingerprint density at radius 3 is 1.27 bits per heavy atom. The van der Waals surface area contributed by atoms with Gasteiger partial charge in [0.15, 0.2) is 0 Å². The van der Waals surface area contributed by atoms with Crippen LogP contribution >= 0.6 is 22.7 Å². The van der Waals surface area contributed by atoms with Crippen molar-refractivity contribution in [2.45, 2.75) is 22.5 Å². The molecule has 0 saturated carbocycles. The number of rotatable bonds is 4. The van der Waals surface area contributed by atoms with E-state index in [0.717, 1.165) is 0 Å². The van der Waals surface area contributed by atoms with Crippen LogP contribution in [0.5, 0.6) is 0 Å². The van der Waals surface area contributed by atoms with Crippen LogP contribution in [0.25, 0.3) is 0 Å². The standard InChI is InChI=1S/2C4H6N4O3S2/c2*1-2(9)6-3-7-8-4(12-3)13(5,10)11/h2*1H3,(H2,5,10,11)(H,6,7,9). The van der Waals surface area contributed by atoms with Gasteiger partial charge in [-0.2, -0.15) is 0 Å². The predicted molar refractivity (Wildman–Crippen MR) is 91.2 cm³/mol. The molecule has 18 heteroatoms. The summed E-state index contributed by atoms with van der Waals surface area (Å²) in [6, 6.07) is 0. The minimum absolute atomic E-state index is 0.108. The Morgan fingerprint density at radius 1 is 0.769 bits per heavy atom. The molecule has 0 aliphatic rings. The number of nitrogens with two attached hydrogens (primary N) is 2. The molecule has 6 N–H and O–H groups in total. The van der Waals surface area contributed by atoms with E-state index in [1.54, 1.807) is 0 Å². The number of anilines is 2. The van der Waals surface area contributed by atoms with E-state index >= 15 is 0 Å². The van der Waals surface area contributed by atoms with Gasteiger partial charge in [-0.3, -0.25) is 9.59 Å². The number of nitrogens with one attached hydrogen (secondary N) is 2. The minimum atomic E-state index is -3.82. The molecule has 2 aromatic heterocycles. The van der Waals surface area contributed by atoms with Crippen LogP contribution in [0, 0.1) is 0 Å². The van der Waals surface area contributed by atoms with E-state index in [1.807, 2.05) is 0 Å². The van der Waals surface area contributed by atoms with Crippen molar-refractivity contribution >= 4 is 64.8 Å². The first-order valence-electron chi connectivity index (χ1n) is 6.07. The van der Waals surface area contributed by atoms with Crippen molar-refractivity contribution in [1.82, 2.24) is 20.4 Å². The van der Waals surface area contributed by atoms with Crippen LogP contribution in [0.15, 0.2) is 8.68 Å². The molecule has 2 rings (SSSR count). The van der Waals surface area contributed by atoms with Crippen molar-refractivity contribution in [3.05, 3.63) is 0 Å². The quantitative estimate of drug-likeness (QED) is 0.390. The number of aromatic nitrogens is 4. The van der Waals surface area contributed by atoms with Gasteiger partial charge < -0.3 is 10.6 Å². The van der Waals surface area contributed by atoms with Crippen LogP contribution in [0.4, 0.5) is 10.3 Å². The van der Waals surface area contributed by atoms with Crippen molar-refractivity contribution < 1.29 is 26.4 Å². The molecule has 0 spiro atoms. The molecule has 2 heterocycles. The van der Waals surface area contributed by atoms with Crippen molar-refractivity contribution in [1.29, 1.82) is 0 Å². The third kappa shape index (κ3) is 7.41. The van der Waals surface area contributed by atoms with Gasteiger partial charge in [-0.25, -0.2) is 27.1 Å². The summed E-state index contributed by atoms with van der Waals surface area (Å²) in [5.41, 5.74) is 0. The Bertz CT molecular complexity index is 927. The lowest BCUT2D eigenvalue weighted by Crippen LogP contribution is -2.11. The maximum atomic E-state index is 10.7. The summed E-state index contributed by atoms with van der Waals surface area (Å²) < 4.78 is 42.2. The van der Waals surface area contributed by atoms with Crippen LogP contribution in [-0.4, -0.2) is 49.0 Å². The Labute approximate surface area is 155 Å². The molecule has 0 fully saturated rings. The summed E-state index contributed by atoms with van der Waals surface area (Å²) in [6.07, 6.45) is 0. The fourth-order valence-corrected chi connectivity index (χ4v) is 3.81. The number of amides is 2. The van der Waals surface area contributed by atoms with E-state index in [2.05, 4.69) is 31.0 Å².